The van der Waals surface area contributed by atoms with E-state index >= 15 is 0 Å². The van der Waals surface area contributed by atoms with E-state index in [2.05, 4.69) is 27.9 Å². The van der Waals surface area contributed by atoms with Gasteiger partial charge in [-0.2, -0.15) is 0 Å². The highest BCUT2D eigenvalue weighted by Gasteiger charge is 2.33. The third-order valence-electron chi connectivity index (χ3n) is 3.52. The quantitative estimate of drug-likeness (QED) is 0.454. The van der Waals surface area contributed by atoms with E-state index in [1.165, 1.54) is 23.7 Å². The Labute approximate surface area is 64.6 Å². The SMILES string of the molecule is C[C@@H]1CCC[C@H](C)[N+]1(C)C. The van der Waals surface area contributed by atoms with Gasteiger partial charge in [-0.25, -0.2) is 0 Å². The molecule has 0 aliphatic carbocycles. The van der Waals surface area contributed by atoms with Crippen LogP contribution in [0.5, 0.6) is 0 Å². The van der Waals surface area contributed by atoms with E-state index in [0.717, 1.165) is 12.1 Å². The molecule has 1 aliphatic rings. The largest absolute Gasteiger partial charge is 0.324 e. The van der Waals surface area contributed by atoms with E-state index in [9.17, 15) is 0 Å². The maximum absolute atomic E-state index is 2.37. The van der Waals surface area contributed by atoms with Gasteiger partial charge in [-0.1, -0.05) is 0 Å². The Hall–Kier alpha value is -0.0400. The zero-order chi connectivity index (χ0) is 7.78. The molecule has 10 heavy (non-hydrogen) atoms. The number of rotatable bonds is 0. The van der Waals surface area contributed by atoms with Gasteiger partial charge in [0.2, 0.25) is 0 Å². The molecule has 0 saturated carbocycles. The number of piperidine rings is 1. The zero-order valence-electron chi connectivity index (χ0n) is 7.72. The average molecular weight is 142 g/mol. The highest BCUT2D eigenvalue weighted by molar-refractivity contribution is 4.64. The maximum Gasteiger partial charge on any atom is 0.0859 e. The van der Waals surface area contributed by atoms with Crippen molar-refractivity contribution in [1.82, 2.24) is 0 Å². The van der Waals surface area contributed by atoms with Crippen LogP contribution >= 0.6 is 0 Å². The van der Waals surface area contributed by atoms with Crippen LogP contribution in [0.2, 0.25) is 0 Å². The van der Waals surface area contributed by atoms with Crippen LogP contribution in [-0.4, -0.2) is 30.7 Å². The zero-order valence-corrected chi connectivity index (χ0v) is 7.72. The molecule has 1 fully saturated rings. The molecule has 1 aliphatic heterocycles. The van der Waals surface area contributed by atoms with Crippen LogP contribution in [0.4, 0.5) is 0 Å². The molecule has 60 valence electrons. The summed E-state index contributed by atoms with van der Waals surface area (Å²) in [5.41, 5.74) is 0. The van der Waals surface area contributed by atoms with Gasteiger partial charge in [0.05, 0.1) is 26.2 Å². The lowest BCUT2D eigenvalue weighted by Gasteiger charge is -2.45. The lowest BCUT2D eigenvalue weighted by molar-refractivity contribution is -0.940. The summed E-state index contributed by atoms with van der Waals surface area (Å²) in [7, 11) is 4.71. The van der Waals surface area contributed by atoms with Crippen LogP contribution in [0, 0.1) is 0 Å². The van der Waals surface area contributed by atoms with Crippen molar-refractivity contribution in [3.63, 3.8) is 0 Å². The third kappa shape index (κ3) is 1.20. The Morgan fingerprint density at radius 3 is 1.70 bits per heavy atom. The Bertz CT molecular complexity index is 106. The molecule has 0 amide bonds. The molecule has 1 heteroatoms. The van der Waals surface area contributed by atoms with Crippen molar-refractivity contribution in [2.24, 2.45) is 0 Å². The summed E-state index contributed by atoms with van der Waals surface area (Å²) in [6, 6.07) is 1.73. The minimum Gasteiger partial charge on any atom is -0.324 e. The van der Waals surface area contributed by atoms with Crippen LogP contribution < -0.4 is 0 Å². The fourth-order valence-corrected chi connectivity index (χ4v) is 1.81. The van der Waals surface area contributed by atoms with Gasteiger partial charge in [0, 0.05) is 0 Å². The summed E-state index contributed by atoms with van der Waals surface area (Å²) in [4.78, 5) is 0. The van der Waals surface area contributed by atoms with E-state index in [-0.39, 0.29) is 0 Å². The second-order valence-electron chi connectivity index (χ2n) is 4.26. The molecular weight excluding hydrogens is 122 g/mol. The van der Waals surface area contributed by atoms with Crippen LogP contribution in [-0.2, 0) is 0 Å². The summed E-state index contributed by atoms with van der Waals surface area (Å²) in [6.07, 6.45) is 4.26. The first-order chi connectivity index (χ1) is 4.55. The molecule has 1 rings (SSSR count). The number of hydrogen-bond acceptors (Lipinski definition) is 0. The molecule has 1 saturated heterocycles. The molecule has 2 atom stereocenters. The monoisotopic (exact) mass is 142 g/mol. The molecule has 0 spiro atoms. The molecule has 0 aromatic carbocycles. The standard InChI is InChI=1S/C9H20N/c1-8-6-5-7-9(2)10(8,3)4/h8-9H,5-7H2,1-4H3/q+1/t8-,9+. The second-order valence-corrected chi connectivity index (χ2v) is 4.26. The summed E-state index contributed by atoms with van der Waals surface area (Å²) < 4.78 is 1.22. The van der Waals surface area contributed by atoms with Crippen molar-refractivity contribution in [2.45, 2.75) is 45.2 Å². The molecule has 0 unspecified atom stereocenters. The van der Waals surface area contributed by atoms with Gasteiger partial charge in [0.15, 0.2) is 0 Å². The summed E-state index contributed by atoms with van der Waals surface area (Å²) in [6.45, 7) is 4.74. The number of likely N-dealkylation sites (tertiary alicyclic amines) is 1. The van der Waals surface area contributed by atoms with Gasteiger partial charge in [0.1, 0.15) is 0 Å². The minimum absolute atomic E-state index is 0.865. The molecule has 1 heterocycles. The molecule has 0 N–H and O–H groups in total. The van der Waals surface area contributed by atoms with Crippen molar-refractivity contribution in [2.75, 3.05) is 14.1 Å². The molecule has 0 bridgehead atoms. The van der Waals surface area contributed by atoms with Crippen molar-refractivity contribution < 1.29 is 4.48 Å². The lowest BCUT2D eigenvalue weighted by atomic mass is 9.96. The number of hydrogen-bond donors (Lipinski definition) is 0. The van der Waals surface area contributed by atoms with Gasteiger partial charge in [0.25, 0.3) is 0 Å². The van der Waals surface area contributed by atoms with Gasteiger partial charge in [-0.15, -0.1) is 0 Å². The van der Waals surface area contributed by atoms with E-state index in [0.29, 0.717) is 0 Å². The molecule has 0 aromatic rings. The van der Waals surface area contributed by atoms with E-state index in [1.807, 2.05) is 0 Å². The fourth-order valence-electron chi connectivity index (χ4n) is 1.81. The molecule has 1 nitrogen and oxygen atoms in total. The highest BCUT2D eigenvalue weighted by Crippen LogP contribution is 2.26. The van der Waals surface area contributed by atoms with Gasteiger partial charge in [-0.05, 0) is 33.1 Å². The summed E-state index contributed by atoms with van der Waals surface area (Å²) in [5, 5.41) is 0. The van der Waals surface area contributed by atoms with Crippen molar-refractivity contribution in [1.29, 1.82) is 0 Å². The summed E-state index contributed by atoms with van der Waals surface area (Å²) >= 11 is 0. The van der Waals surface area contributed by atoms with Gasteiger partial charge in [-0.3, -0.25) is 0 Å². The topological polar surface area (TPSA) is 0 Å². The smallest absolute Gasteiger partial charge is 0.0859 e. The Balaban J connectivity index is 2.63. The van der Waals surface area contributed by atoms with Gasteiger partial charge < -0.3 is 4.48 Å². The van der Waals surface area contributed by atoms with Crippen LogP contribution in [0.3, 0.4) is 0 Å². The first-order valence-corrected chi connectivity index (χ1v) is 4.38. The lowest BCUT2D eigenvalue weighted by Crippen LogP contribution is -2.55. The molecule has 0 radical (unpaired) electrons. The molecular formula is C9H20N+. The second kappa shape index (κ2) is 2.54. The van der Waals surface area contributed by atoms with Crippen molar-refractivity contribution >= 4 is 0 Å². The fraction of sp³-hybridized carbons (Fsp3) is 1.00. The minimum atomic E-state index is 0.865. The van der Waals surface area contributed by atoms with E-state index < -0.39 is 0 Å². The molecule has 0 aromatic heterocycles. The van der Waals surface area contributed by atoms with E-state index in [4.69, 9.17) is 0 Å². The van der Waals surface area contributed by atoms with Crippen molar-refractivity contribution in [3.8, 4) is 0 Å². The third-order valence-corrected chi connectivity index (χ3v) is 3.52. The van der Waals surface area contributed by atoms with Crippen LogP contribution in [0.15, 0.2) is 0 Å². The Morgan fingerprint density at radius 2 is 1.40 bits per heavy atom. The normalized spacial score (nSPS) is 39.6. The van der Waals surface area contributed by atoms with E-state index in [1.54, 1.807) is 0 Å². The number of quaternary nitrogens is 1. The Kier molecular flexibility index (Phi) is 2.04. The highest BCUT2D eigenvalue weighted by atomic mass is 15.4. The first-order valence-electron chi connectivity index (χ1n) is 4.38. The Morgan fingerprint density at radius 1 is 1.00 bits per heavy atom. The first kappa shape index (κ1) is 8.06. The predicted molar refractivity (Wildman–Crippen MR) is 44.9 cm³/mol. The van der Waals surface area contributed by atoms with Crippen molar-refractivity contribution in [3.05, 3.63) is 0 Å². The number of nitrogens with zero attached hydrogens (tertiary/aromatic N) is 1. The van der Waals surface area contributed by atoms with Gasteiger partial charge >= 0.3 is 0 Å². The van der Waals surface area contributed by atoms with Crippen LogP contribution in [0.25, 0.3) is 0 Å². The predicted octanol–water partition coefficient (Wildman–Crippen LogP) is 2.02. The summed E-state index contributed by atoms with van der Waals surface area (Å²) in [5.74, 6) is 0. The maximum atomic E-state index is 2.37. The average Bonchev–Trinajstić information content (AvgIpc) is 1.84. The van der Waals surface area contributed by atoms with Crippen LogP contribution in [0.1, 0.15) is 33.1 Å².